The summed E-state index contributed by atoms with van der Waals surface area (Å²) in [6.45, 7) is 5.94. The van der Waals surface area contributed by atoms with E-state index in [0.717, 1.165) is 5.56 Å². The largest absolute Gasteiger partial charge is 0.493 e. The molecule has 0 radical (unpaired) electrons. The van der Waals surface area contributed by atoms with Gasteiger partial charge in [-0.2, -0.15) is 0 Å². The standard InChI is InChI=1S/C28H38N4O6/c1-6-21(25(33)27(35)29-17-20-12-13-23(37-4)24(15-20)38-5)31-26(34)22(14-18(2)3)32-28(36)30-16-19-10-8-7-9-11-19/h7-13,15,18,21-22H,6,14,16-17H2,1-5H3,(H,29,35)(H,31,34)(H2,30,32,36)/t21?,22-/m0/s1. The van der Waals surface area contributed by atoms with Gasteiger partial charge in [-0.1, -0.05) is 57.2 Å². The summed E-state index contributed by atoms with van der Waals surface area (Å²) < 4.78 is 10.5. The SMILES string of the molecule is CCC(NC(=O)[C@H](CC(C)C)NC(=O)NCc1ccccc1)C(=O)C(=O)NCc1ccc(OC)c(OC)c1. The van der Waals surface area contributed by atoms with E-state index >= 15 is 0 Å². The van der Waals surface area contributed by atoms with Crippen LogP contribution >= 0.6 is 0 Å². The number of benzene rings is 2. The van der Waals surface area contributed by atoms with Gasteiger partial charge in [0.25, 0.3) is 5.91 Å². The van der Waals surface area contributed by atoms with Crippen molar-refractivity contribution in [2.75, 3.05) is 14.2 Å². The number of carbonyl (C=O) groups is 4. The third-order valence-electron chi connectivity index (χ3n) is 5.79. The molecule has 0 heterocycles. The van der Waals surface area contributed by atoms with Crippen molar-refractivity contribution in [3.05, 3.63) is 59.7 Å². The third kappa shape index (κ3) is 9.42. The first-order valence-electron chi connectivity index (χ1n) is 12.6. The third-order valence-corrected chi connectivity index (χ3v) is 5.79. The summed E-state index contributed by atoms with van der Waals surface area (Å²) in [7, 11) is 3.03. The maximum atomic E-state index is 13.0. The van der Waals surface area contributed by atoms with Gasteiger partial charge in [-0.05, 0) is 42.0 Å². The lowest BCUT2D eigenvalue weighted by Crippen LogP contribution is -2.55. The van der Waals surface area contributed by atoms with Crippen molar-refractivity contribution >= 4 is 23.6 Å². The second-order valence-corrected chi connectivity index (χ2v) is 9.20. The lowest BCUT2D eigenvalue weighted by Gasteiger charge is -2.23. The van der Waals surface area contributed by atoms with Crippen molar-refractivity contribution in [3.63, 3.8) is 0 Å². The van der Waals surface area contributed by atoms with E-state index in [1.54, 1.807) is 25.1 Å². The molecule has 0 saturated carbocycles. The number of hydrogen-bond acceptors (Lipinski definition) is 6. The summed E-state index contributed by atoms with van der Waals surface area (Å²) in [5.74, 6) is -0.965. The molecule has 0 aliphatic rings. The van der Waals surface area contributed by atoms with Gasteiger partial charge in [0.2, 0.25) is 11.7 Å². The minimum Gasteiger partial charge on any atom is -0.493 e. The Labute approximate surface area is 223 Å². The molecule has 2 aromatic rings. The van der Waals surface area contributed by atoms with E-state index in [1.165, 1.54) is 14.2 Å². The fraction of sp³-hybridized carbons (Fsp3) is 0.429. The number of ether oxygens (including phenoxy) is 2. The van der Waals surface area contributed by atoms with Crippen molar-refractivity contribution in [1.29, 1.82) is 0 Å². The fourth-order valence-corrected chi connectivity index (χ4v) is 3.73. The molecule has 0 aliphatic heterocycles. The first-order chi connectivity index (χ1) is 18.2. The summed E-state index contributed by atoms with van der Waals surface area (Å²) in [6.07, 6.45) is 0.573. The molecule has 0 aliphatic carbocycles. The zero-order valence-electron chi connectivity index (χ0n) is 22.6. The maximum absolute atomic E-state index is 13.0. The monoisotopic (exact) mass is 526 g/mol. The molecule has 4 N–H and O–H groups in total. The molecular weight excluding hydrogens is 488 g/mol. The number of amides is 4. The van der Waals surface area contributed by atoms with E-state index in [0.29, 0.717) is 30.0 Å². The smallest absolute Gasteiger partial charge is 0.315 e. The molecule has 38 heavy (non-hydrogen) atoms. The van der Waals surface area contributed by atoms with Crippen molar-refractivity contribution in [1.82, 2.24) is 21.3 Å². The van der Waals surface area contributed by atoms with Gasteiger partial charge in [-0.3, -0.25) is 14.4 Å². The molecule has 1 unspecified atom stereocenters. The van der Waals surface area contributed by atoms with Crippen LogP contribution in [0, 0.1) is 5.92 Å². The molecule has 4 amide bonds. The van der Waals surface area contributed by atoms with Crippen LogP contribution in [0.2, 0.25) is 0 Å². The number of hydrogen-bond donors (Lipinski definition) is 4. The fourth-order valence-electron chi connectivity index (χ4n) is 3.73. The first kappa shape index (κ1) is 30.1. The molecular formula is C28H38N4O6. The first-order valence-corrected chi connectivity index (χ1v) is 12.6. The lowest BCUT2D eigenvalue weighted by atomic mass is 10.0. The van der Waals surface area contributed by atoms with Crippen LogP contribution in [0.4, 0.5) is 4.79 Å². The van der Waals surface area contributed by atoms with Gasteiger partial charge in [0.1, 0.15) is 6.04 Å². The Morgan fingerprint density at radius 3 is 2.05 bits per heavy atom. The van der Waals surface area contributed by atoms with Crippen molar-refractivity contribution < 1.29 is 28.7 Å². The Morgan fingerprint density at radius 2 is 1.45 bits per heavy atom. The number of rotatable bonds is 14. The van der Waals surface area contributed by atoms with Crippen LogP contribution in [0.15, 0.2) is 48.5 Å². The summed E-state index contributed by atoms with van der Waals surface area (Å²) in [6, 6.07) is 12.1. The average Bonchev–Trinajstić information content (AvgIpc) is 2.92. The Hall–Kier alpha value is -4.08. The molecule has 206 valence electrons. The van der Waals surface area contributed by atoms with Crippen LogP contribution in [0.25, 0.3) is 0 Å². The molecule has 0 aromatic heterocycles. The van der Waals surface area contributed by atoms with Gasteiger partial charge >= 0.3 is 6.03 Å². The van der Waals surface area contributed by atoms with E-state index in [1.807, 2.05) is 44.2 Å². The van der Waals surface area contributed by atoms with E-state index in [4.69, 9.17) is 9.47 Å². The number of methoxy groups -OCH3 is 2. The topological polar surface area (TPSA) is 135 Å². The van der Waals surface area contributed by atoms with Crippen molar-refractivity contribution in [3.8, 4) is 11.5 Å². The summed E-state index contributed by atoms with van der Waals surface area (Å²) in [5, 5.41) is 10.6. The Bertz CT molecular complexity index is 1090. The molecule has 0 saturated heterocycles. The zero-order chi connectivity index (χ0) is 28.1. The maximum Gasteiger partial charge on any atom is 0.315 e. The van der Waals surface area contributed by atoms with Crippen LogP contribution in [-0.4, -0.2) is 49.9 Å². The number of carbonyl (C=O) groups excluding carboxylic acids is 4. The summed E-state index contributed by atoms with van der Waals surface area (Å²) in [5.41, 5.74) is 1.63. The van der Waals surface area contributed by atoms with Crippen LogP contribution in [-0.2, 0) is 27.5 Å². The predicted octanol–water partition coefficient (Wildman–Crippen LogP) is 2.70. The lowest BCUT2D eigenvalue weighted by molar-refractivity contribution is -0.140. The van der Waals surface area contributed by atoms with Gasteiger partial charge in [0.15, 0.2) is 11.5 Å². The molecule has 2 aromatic carbocycles. The van der Waals surface area contributed by atoms with Gasteiger partial charge < -0.3 is 30.7 Å². The van der Waals surface area contributed by atoms with E-state index in [-0.39, 0.29) is 18.9 Å². The number of urea groups is 1. The molecule has 0 spiro atoms. The van der Waals surface area contributed by atoms with Crippen LogP contribution in [0.1, 0.15) is 44.7 Å². The van der Waals surface area contributed by atoms with Gasteiger partial charge in [-0.25, -0.2) is 4.79 Å². The number of ketones is 1. The van der Waals surface area contributed by atoms with Crippen molar-refractivity contribution in [2.45, 2.75) is 58.8 Å². The van der Waals surface area contributed by atoms with E-state index < -0.39 is 35.7 Å². The molecule has 2 rings (SSSR count). The highest BCUT2D eigenvalue weighted by Gasteiger charge is 2.29. The molecule has 0 fully saturated rings. The predicted molar refractivity (Wildman–Crippen MR) is 144 cm³/mol. The Kier molecular flexibility index (Phi) is 12.1. The molecule has 10 heteroatoms. The van der Waals surface area contributed by atoms with Crippen LogP contribution in [0.3, 0.4) is 0 Å². The number of nitrogens with one attached hydrogen (secondary N) is 4. The second kappa shape index (κ2) is 15.2. The van der Waals surface area contributed by atoms with E-state index in [9.17, 15) is 19.2 Å². The van der Waals surface area contributed by atoms with Crippen LogP contribution in [0.5, 0.6) is 11.5 Å². The second-order valence-electron chi connectivity index (χ2n) is 9.20. The number of Topliss-reactive ketones (excluding diaryl/α,β-unsaturated/α-hetero) is 1. The average molecular weight is 527 g/mol. The van der Waals surface area contributed by atoms with Gasteiger partial charge in [-0.15, -0.1) is 0 Å². The van der Waals surface area contributed by atoms with Gasteiger partial charge in [0.05, 0.1) is 20.3 Å². The zero-order valence-corrected chi connectivity index (χ0v) is 22.6. The molecule has 2 atom stereocenters. The van der Waals surface area contributed by atoms with Crippen LogP contribution < -0.4 is 30.7 Å². The minimum atomic E-state index is -1.03. The Morgan fingerprint density at radius 1 is 0.789 bits per heavy atom. The highest BCUT2D eigenvalue weighted by Crippen LogP contribution is 2.27. The molecule has 0 bridgehead atoms. The highest BCUT2D eigenvalue weighted by molar-refractivity contribution is 6.38. The summed E-state index contributed by atoms with van der Waals surface area (Å²) in [4.78, 5) is 50.9. The normalized spacial score (nSPS) is 12.2. The highest BCUT2D eigenvalue weighted by atomic mass is 16.5. The Balaban J connectivity index is 1.96. The minimum absolute atomic E-state index is 0.0917. The van der Waals surface area contributed by atoms with Gasteiger partial charge in [0, 0.05) is 13.1 Å². The summed E-state index contributed by atoms with van der Waals surface area (Å²) >= 11 is 0. The van der Waals surface area contributed by atoms with E-state index in [2.05, 4.69) is 21.3 Å². The quantitative estimate of drug-likeness (QED) is 0.280. The van der Waals surface area contributed by atoms with Crippen molar-refractivity contribution in [2.24, 2.45) is 5.92 Å². The molecule has 10 nitrogen and oxygen atoms in total.